The van der Waals surface area contributed by atoms with E-state index in [4.69, 9.17) is 14.2 Å². The topological polar surface area (TPSA) is 56.8 Å². The Morgan fingerprint density at radius 3 is 2.65 bits per heavy atom. The second kappa shape index (κ2) is 6.91. The molecule has 6 heteroatoms. The highest BCUT2D eigenvalue weighted by Gasteiger charge is 2.18. The molecule has 2 aromatic carbocycles. The summed E-state index contributed by atoms with van der Waals surface area (Å²) >= 11 is 3.44. The first-order valence-electron chi connectivity index (χ1n) is 7.31. The first kappa shape index (κ1) is 15.7. The lowest BCUT2D eigenvalue weighted by Gasteiger charge is -2.20. The van der Waals surface area contributed by atoms with Crippen molar-refractivity contribution < 1.29 is 19.0 Å². The molecule has 0 radical (unpaired) electrons. The van der Waals surface area contributed by atoms with E-state index in [1.807, 2.05) is 13.0 Å². The van der Waals surface area contributed by atoms with Gasteiger partial charge in [-0.2, -0.15) is 0 Å². The van der Waals surface area contributed by atoms with Gasteiger partial charge in [0.05, 0.1) is 17.9 Å². The maximum absolute atomic E-state index is 12.5. The van der Waals surface area contributed by atoms with Crippen molar-refractivity contribution in [3.05, 3.63) is 46.4 Å². The molecular formula is C17H16BrNO4. The Hall–Kier alpha value is -2.21. The molecule has 5 nitrogen and oxygen atoms in total. The van der Waals surface area contributed by atoms with Crippen molar-refractivity contribution in [2.24, 2.45) is 0 Å². The molecule has 0 saturated heterocycles. The highest BCUT2D eigenvalue weighted by molar-refractivity contribution is 9.10. The van der Waals surface area contributed by atoms with Gasteiger partial charge in [0.1, 0.15) is 19.0 Å². The minimum Gasteiger partial charge on any atom is -0.493 e. The quantitative estimate of drug-likeness (QED) is 0.878. The number of ether oxygens (including phenoxy) is 3. The Balaban J connectivity index is 1.86. The second-order valence-electron chi connectivity index (χ2n) is 4.86. The van der Waals surface area contributed by atoms with Gasteiger partial charge < -0.3 is 19.5 Å². The molecule has 0 aliphatic carbocycles. The summed E-state index contributed by atoms with van der Waals surface area (Å²) in [5.41, 5.74) is 1.10. The van der Waals surface area contributed by atoms with Gasteiger partial charge in [-0.1, -0.05) is 12.1 Å². The fourth-order valence-corrected chi connectivity index (χ4v) is 2.71. The van der Waals surface area contributed by atoms with Crippen LogP contribution in [-0.4, -0.2) is 25.7 Å². The molecule has 1 heterocycles. The number of carbonyl (C=O) groups excluding carboxylic acids is 1. The average molecular weight is 378 g/mol. The molecule has 0 bridgehead atoms. The monoisotopic (exact) mass is 377 g/mol. The minimum atomic E-state index is -0.244. The van der Waals surface area contributed by atoms with E-state index >= 15 is 0 Å². The van der Waals surface area contributed by atoms with Gasteiger partial charge in [-0.15, -0.1) is 0 Å². The molecular weight excluding hydrogens is 362 g/mol. The van der Waals surface area contributed by atoms with E-state index in [1.54, 1.807) is 30.3 Å². The number of carbonyl (C=O) groups is 1. The van der Waals surface area contributed by atoms with Gasteiger partial charge in [0.2, 0.25) is 0 Å². The number of anilines is 1. The first-order valence-corrected chi connectivity index (χ1v) is 8.10. The number of hydrogen-bond acceptors (Lipinski definition) is 4. The molecule has 0 unspecified atom stereocenters. The van der Waals surface area contributed by atoms with Crippen molar-refractivity contribution in [1.82, 2.24) is 0 Å². The molecule has 0 aromatic heterocycles. The average Bonchev–Trinajstić information content (AvgIpc) is 2.56. The van der Waals surface area contributed by atoms with Crippen molar-refractivity contribution in [3.8, 4) is 17.2 Å². The van der Waals surface area contributed by atoms with Gasteiger partial charge in [-0.05, 0) is 35.0 Å². The maximum Gasteiger partial charge on any atom is 0.259 e. The summed E-state index contributed by atoms with van der Waals surface area (Å²) in [5.74, 6) is 1.59. The lowest BCUT2D eigenvalue weighted by atomic mass is 10.1. The number of amides is 1. The number of fused-ring (bicyclic) bond motifs is 1. The van der Waals surface area contributed by atoms with E-state index in [0.29, 0.717) is 48.3 Å². The van der Waals surface area contributed by atoms with E-state index in [9.17, 15) is 4.79 Å². The summed E-state index contributed by atoms with van der Waals surface area (Å²) in [6.07, 6.45) is 0. The van der Waals surface area contributed by atoms with Crippen LogP contribution in [0.15, 0.2) is 40.9 Å². The molecule has 1 N–H and O–H groups in total. The zero-order valence-corrected chi connectivity index (χ0v) is 14.2. The van der Waals surface area contributed by atoms with Crippen molar-refractivity contribution in [2.45, 2.75) is 6.92 Å². The van der Waals surface area contributed by atoms with E-state index in [2.05, 4.69) is 21.2 Å². The predicted octanol–water partition coefficient (Wildman–Crippen LogP) is 3.87. The number of para-hydroxylation sites is 1. The van der Waals surface area contributed by atoms with Crippen LogP contribution in [0.3, 0.4) is 0 Å². The third kappa shape index (κ3) is 3.42. The first-order chi connectivity index (χ1) is 11.2. The molecule has 2 aromatic rings. The smallest absolute Gasteiger partial charge is 0.259 e. The van der Waals surface area contributed by atoms with Crippen molar-refractivity contribution in [2.75, 3.05) is 25.1 Å². The van der Waals surface area contributed by atoms with Crippen molar-refractivity contribution in [1.29, 1.82) is 0 Å². The fourth-order valence-electron chi connectivity index (χ4n) is 2.29. The molecule has 0 spiro atoms. The molecule has 1 aliphatic heterocycles. The van der Waals surface area contributed by atoms with Crippen LogP contribution in [0.1, 0.15) is 17.3 Å². The lowest BCUT2D eigenvalue weighted by Crippen LogP contribution is -2.17. The highest BCUT2D eigenvalue weighted by Crippen LogP contribution is 2.38. The lowest BCUT2D eigenvalue weighted by molar-refractivity contribution is 0.102. The van der Waals surface area contributed by atoms with Gasteiger partial charge in [0, 0.05) is 16.6 Å². The predicted molar refractivity (Wildman–Crippen MR) is 90.7 cm³/mol. The van der Waals surface area contributed by atoms with Crippen LogP contribution in [0.2, 0.25) is 0 Å². The summed E-state index contributed by atoms with van der Waals surface area (Å²) in [5, 5.41) is 2.87. The van der Waals surface area contributed by atoms with Crippen LogP contribution in [-0.2, 0) is 0 Å². The van der Waals surface area contributed by atoms with Crippen LogP contribution < -0.4 is 19.5 Å². The number of hydrogen-bond donors (Lipinski definition) is 1. The van der Waals surface area contributed by atoms with E-state index in [-0.39, 0.29) is 5.91 Å². The largest absolute Gasteiger partial charge is 0.493 e. The van der Waals surface area contributed by atoms with Crippen molar-refractivity contribution >= 4 is 27.5 Å². The SMILES string of the molecule is CCOc1ccccc1C(=O)Nc1cc2c(cc1Br)OCCO2. The fraction of sp³-hybridized carbons (Fsp3) is 0.235. The van der Waals surface area contributed by atoms with Crippen LogP contribution in [0.25, 0.3) is 0 Å². The maximum atomic E-state index is 12.5. The van der Waals surface area contributed by atoms with E-state index in [1.165, 1.54) is 0 Å². The molecule has 3 rings (SSSR count). The standard InChI is InChI=1S/C17H16BrNO4/c1-2-21-14-6-4-3-5-11(14)17(20)19-13-10-16-15(9-12(13)18)22-7-8-23-16/h3-6,9-10H,2,7-8H2,1H3,(H,19,20). The third-order valence-electron chi connectivity index (χ3n) is 3.31. The number of nitrogens with one attached hydrogen (secondary N) is 1. The summed E-state index contributed by atoms with van der Waals surface area (Å²) in [7, 11) is 0. The van der Waals surface area contributed by atoms with Gasteiger partial charge in [-0.25, -0.2) is 0 Å². The van der Waals surface area contributed by atoms with E-state index < -0.39 is 0 Å². The Kier molecular flexibility index (Phi) is 4.71. The van der Waals surface area contributed by atoms with Crippen LogP contribution in [0.4, 0.5) is 5.69 Å². The Morgan fingerprint density at radius 1 is 1.22 bits per heavy atom. The summed E-state index contributed by atoms with van der Waals surface area (Å²) in [6, 6.07) is 10.7. The van der Waals surface area contributed by atoms with Gasteiger partial charge in [0.25, 0.3) is 5.91 Å². The summed E-state index contributed by atoms with van der Waals surface area (Å²) < 4.78 is 17.3. The normalized spacial score (nSPS) is 12.6. The molecule has 120 valence electrons. The Bertz CT molecular complexity index is 733. The van der Waals surface area contributed by atoms with Crippen LogP contribution in [0, 0.1) is 0 Å². The summed E-state index contributed by atoms with van der Waals surface area (Å²) in [4.78, 5) is 12.5. The molecule has 0 fully saturated rings. The molecule has 23 heavy (non-hydrogen) atoms. The molecule has 1 aliphatic rings. The minimum absolute atomic E-state index is 0.244. The molecule has 1 amide bonds. The number of benzene rings is 2. The zero-order chi connectivity index (χ0) is 16.2. The third-order valence-corrected chi connectivity index (χ3v) is 3.97. The van der Waals surface area contributed by atoms with E-state index in [0.717, 1.165) is 4.47 Å². The molecule has 0 atom stereocenters. The molecule has 0 saturated carbocycles. The zero-order valence-electron chi connectivity index (χ0n) is 12.6. The van der Waals surface area contributed by atoms with Crippen LogP contribution in [0.5, 0.6) is 17.2 Å². The van der Waals surface area contributed by atoms with Gasteiger partial charge in [0.15, 0.2) is 11.5 Å². The number of halogens is 1. The second-order valence-corrected chi connectivity index (χ2v) is 5.71. The Morgan fingerprint density at radius 2 is 1.91 bits per heavy atom. The highest BCUT2D eigenvalue weighted by atomic mass is 79.9. The van der Waals surface area contributed by atoms with Crippen LogP contribution >= 0.6 is 15.9 Å². The number of rotatable bonds is 4. The van der Waals surface area contributed by atoms with Gasteiger partial charge >= 0.3 is 0 Å². The Labute approximate surface area is 142 Å². The summed E-state index contributed by atoms with van der Waals surface area (Å²) in [6.45, 7) is 3.40. The van der Waals surface area contributed by atoms with Gasteiger partial charge in [-0.3, -0.25) is 4.79 Å². The van der Waals surface area contributed by atoms with Crippen molar-refractivity contribution in [3.63, 3.8) is 0 Å².